The summed E-state index contributed by atoms with van der Waals surface area (Å²) in [5.74, 6) is 0. The van der Waals surface area contributed by atoms with E-state index < -0.39 is 6.10 Å². The molecule has 0 aromatic carbocycles. The van der Waals surface area contributed by atoms with Gasteiger partial charge in [0.1, 0.15) is 6.10 Å². The lowest BCUT2D eigenvalue weighted by molar-refractivity contribution is 0.00653. The highest BCUT2D eigenvalue weighted by Gasteiger charge is 1.98. The molecule has 0 saturated heterocycles. The fourth-order valence-electron chi connectivity index (χ4n) is 0.416. The van der Waals surface area contributed by atoms with Crippen LogP contribution in [0.4, 0.5) is 0 Å². The van der Waals surface area contributed by atoms with Crippen LogP contribution < -0.4 is 0 Å². The normalized spacial score (nSPS) is 11.8. The van der Waals surface area contributed by atoms with Crippen LogP contribution >= 0.6 is 0 Å². The largest absolute Gasteiger partial charge is 0.394 e. The van der Waals surface area contributed by atoms with E-state index in [1.54, 1.807) is 0 Å². The lowest BCUT2D eigenvalue weighted by Crippen LogP contribution is -2.19. The van der Waals surface area contributed by atoms with E-state index in [1.807, 2.05) is 6.92 Å². The summed E-state index contributed by atoms with van der Waals surface area (Å²) >= 11 is 0. The van der Waals surface area contributed by atoms with Crippen LogP contribution in [0.1, 0.15) is 13.3 Å². The monoisotopic (exact) mass is 196 g/mol. The van der Waals surface area contributed by atoms with Gasteiger partial charge in [0.25, 0.3) is 0 Å². The smallest absolute Gasteiger partial charge is 0.100 e. The Bertz CT molecular complexity index is 76.9. The lowest BCUT2D eigenvalue weighted by atomic mass is 10.4. The van der Waals surface area contributed by atoms with Gasteiger partial charge in [-0.2, -0.15) is 0 Å². The minimum atomic E-state index is -0.712. The van der Waals surface area contributed by atoms with Gasteiger partial charge >= 0.3 is 0 Å². The molecule has 0 amide bonds. The van der Waals surface area contributed by atoms with Crippen LogP contribution in [0.15, 0.2) is 0 Å². The Morgan fingerprint density at radius 3 is 2.00 bits per heavy atom. The van der Waals surface area contributed by atoms with E-state index >= 15 is 0 Å². The van der Waals surface area contributed by atoms with Gasteiger partial charge in [-0.05, 0) is 6.42 Å². The molecule has 0 aromatic rings. The van der Waals surface area contributed by atoms with Crippen molar-refractivity contribution in [3.05, 3.63) is 0 Å². The number of rotatable bonds is 6. The Kier molecular flexibility index (Phi) is 16.8. The van der Waals surface area contributed by atoms with E-state index in [0.717, 1.165) is 6.42 Å². The van der Waals surface area contributed by atoms with E-state index in [-0.39, 0.29) is 26.4 Å². The number of aliphatic hydroxyl groups excluding tert-OH is 4. The number of aliphatic hydroxyl groups is 4. The molecule has 13 heavy (non-hydrogen) atoms. The molecule has 0 saturated carbocycles. The summed E-state index contributed by atoms with van der Waals surface area (Å²) < 4.78 is 4.93. The van der Waals surface area contributed by atoms with Gasteiger partial charge in [-0.1, -0.05) is 6.92 Å². The van der Waals surface area contributed by atoms with Crippen molar-refractivity contribution < 1.29 is 25.2 Å². The molecule has 1 atom stereocenters. The molecule has 0 aliphatic heterocycles. The van der Waals surface area contributed by atoms with Gasteiger partial charge in [-0.3, -0.25) is 0 Å². The Labute approximate surface area is 78.6 Å². The highest BCUT2D eigenvalue weighted by atomic mass is 16.5. The maximum Gasteiger partial charge on any atom is 0.100 e. The van der Waals surface area contributed by atoms with Crippen LogP contribution in [0, 0.1) is 0 Å². The second kappa shape index (κ2) is 14.3. The molecule has 0 aliphatic carbocycles. The third kappa shape index (κ3) is 18.6. The lowest BCUT2D eigenvalue weighted by Gasteiger charge is -2.05. The molecular weight excluding hydrogens is 176 g/mol. The van der Waals surface area contributed by atoms with E-state index in [1.165, 1.54) is 0 Å². The van der Waals surface area contributed by atoms with Crippen LogP contribution in [0.25, 0.3) is 0 Å². The number of hydrogen-bond donors (Lipinski definition) is 4. The summed E-state index contributed by atoms with van der Waals surface area (Å²) in [4.78, 5) is 0. The molecule has 0 spiro atoms. The van der Waals surface area contributed by atoms with Crippen molar-refractivity contribution in [2.75, 3.05) is 33.0 Å². The Morgan fingerprint density at radius 2 is 1.69 bits per heavy atom. The molecule has 82 valence electrons. The van der Waals surface area contributed by atoms with Crippen LogP contribution in [-0.2, 0) is 4.74 Å². The van der Waals surface area contributed by atoms with Crippen molar-refractivity contribution in [3.8, 4) is 0 Å². The van der Waals surface area contributed by atoms with Crippen LogP contribution in [0.3, 0.4) is 0 Å². The zero-order valence-corrected chi connectivity index (χ0v) is 8.02. The second-order valence-electron chi connectivity index (χ2n) is 2.36. The van der Waals surface area contributed by atoms with E-state index in [0.29, 0.717) is 6.61 Å². The van der Waals surface area contributed by atoms with Crippen LogP contribution in [0.2, 0.25) is 0 Å². The molecule has 0 bridgehead atoms. The van der Waals surface area contributed by atoms with Crippen molar-refractivity contribution in [2.24, 2.45) is 0 Å². The SMILES string of the molecule is CCCOCC(O)CO.OCCO. The zero-order valence-electron chi connectivity index (χ0n) is 8.02. The van der Waals surface area contributed by atoms with Crippen LogP contribution in [-0.4, -0.2) is 59.6 Å². The minimum absolute atomic E-state index is 0.125. The van der Waals surface area contributed by atoms with Gasteiger partial charge in [-0.15, -0.1) is 0 Å². The Balaban J connectivity index is 0. The quantitative estimate of drug-likeness (QED) is 0.398. The van der Waals surface area contributed by atoms with Gasteiger partial charge in [0.05, 0.1) is 26.4 Å². The molecule has 0 heterocycles. The molecule has 5 heteroatoms. The molecule has 0 radical (unpaired) electrons. The highest BCUT2D eigenvalue weighted by Crippen LogP contribution is 1.84. The zero-order chi connectivity index (χ0) is 10.5. The van der Waals surface area contributed by atoms with Gasteiger partial charge in [0.2, 0.25) is 0 Å². The predicted molar refractivity (Wildman–Crippen MR) is 48.4 cm³/mol. The Hall–Kier alpha value is -0.200. The standard InChI is InChI=1S/C6H14O3.C2H6O2/c1-2-3-9-5-6(8)4-7;3-1-2-4/h6-8H,2-5H2,1H3;3-4H,1-2H2. The molecule has 0 rings (SSSR count). The maximum absolute atomic E-state index is 8.71. The van der Waals surface area contributed by atoms with Gasteiger partial charge in [0, 0.05) is 6.61 Å². The minimum Gasteiger partial charge on any atom is -0.394 e. The average Bonchev–Trinajstić information content (AvgIpc) is 2.18. The first kappa shape index (κ1) is 15.3. The third-order valence-corrected chi connectivity index (χ3v) is 0.969. The van der Waals surface area contributed by atoms with Gasteiger partial charge in [0.15, 0.2) is 0 Å². The van der Waals surface area contributed by atoms with Gasteiger partial charge in [-0.25, -0.2) is 0 Å². The predicted octanol–water partition coefficient (Wildman–Crippen LogP) is -1.26. The summed E-state index contributed by atoms with van der Waals surface area (Å²) in [5.41, 5.74) is 0. The average molecular weight is 196 g/mol. The van der Waals surface area contributed by atoms with Gasteiger partial charge < -0.3 is 25.2 Å². The molecule has 1 unspecified atom stereocenters. The molecular formula is C8H20O5. The fourth-order valence-corrected chi connectivity index (χ4v) is 0.416. The summed E-state index contributed by atoms with van der Waals surface area (Å²) in [6.45, 7) is 2.41. The van der Waals surface area contributed by atoms with Crippen molar-refractivity contribution in [2.45, 2.75) is 19.4 Å². The third-order valence-electron chi connectivity index (χ3n) is 0.969. The van der Waals surface area contributed by atoms with Crippen molar-refractivity contribution in [1.82, 2.24) is 0 Å². The topological polar surface area (TPSA) is 90.2 Å². The van der Waals surface area contributed by atoms with E-state index in [4.69, 9.17) is 25.2 Å². The first-order valence-corrected chi connectivity index (χ1v) is 4.31. The summed E-state index contributed by atoms with van der Waals surface area (Å²) in [6, 6.07) is 0. The Morgan fingerprint density at radius 1 is 1.15 bits per heavy atom. The van der Waals surface area contributed by atoms with E-state index in [9.17, 15) is 0 Å². The molecule has 0 fully saturated rings. The first-order valence-electron chi connectivity index (χ1n) is 4.31. The van der Waals surface area contributed by atoms with Crippen molar-refractivity contribution in [1.29, 1.82) is 0 Å². The first-order chi connectivity index (χ1) is 6.22. The van der Waals surface area contributed by atoms with E-state index in [2.05, 4.69) is 0 Å². The fraction of sp³-hybridized carbons (Fsp3) is 1.00. The molecule has 4 N–H and O–H groups in total. The molecule has 0 aromatic heterocycles. The van der Waals surface area contributed by atoms with Crippen molar-refractivity contribution in [3.63, 3.8) is 0 Å². The summed E-state index contributed by atoms with van der Waals surface area (Å²) in [7, 11) is 0. The van der Waals surface area contributed by atoms with Crippen LogP contribution in [0.5, 0.6) is 0 Å². The van der Waals surface area contributed by atoms with Crippen molar-refractivity contribution >= 4 is 0 Å². The highest BCUT2D eigenvalue weighted by molar-refractivity contribution is 4.47. The number of hydrogen-bond acceptors (Lipinski definition) is 5. The maximum atomic E-state index is 8.71. The molecule has 0 aliphatic rings. The summed E-state index contributed by atoms with van der Waals surface area (Å²) in [5, 5.41) is 32.3. The number of ether oxygens (including phenoxy) is 1. The second-order valence-corrected chi connectivity index (χ2v) is 2.36. The summed E-state index contributed by atoms with van der Waals surface area (Å²) in [6.07, 6.45) is 0.231. The molecule has 5 nitrogen and oxygen atoms in total.